The summed E-state index contributed by atoms with van der Waals surface area (Å²) in [5, 5.41) is 7.61. The normalized spacial score (nSPS) is 22.9. The molecule has 2 fully saturated rings. The van der Waals surface area contributed by atoms with Gasteiger partial charge in [-0.25, -0.2) is 4.52 Å². The molecule has 2 aliphatic rings. The van der Waals surface area contributed by atoms with Gasteiger partial charge >= 0.3 is 12.4 Å². The summed E-state index contributed by atoms with van der Waals surface area (Å²) in [6, 6.07) is 5.56. The lowest BCUT2D eigenvalue weighted by atomic mass is 9.92. The Bertz CT molecular complexity index is 1160. The highest BCUT2D eigenvalue weighted by Crippen LogP contribution is 2.41. The molecule has 2 bridgehead atoms. The van der Waals surface area contributed by atoms with Gasteiger partial charge in [0.15, 0.2) is 18.0 Å². The number of pyridine rings is 2. The molecule has 5 rings (SSSR count). The number of alkyl halides is 6. The van der Waals surface area contributed by atoms with Crippen molar-refractivity contribution in [2.45, 2.75) is 31.2 Å². The first kappa shape index (κ1) is 22.5. The second kappa shape index (κ2) is 8.20. The summed E-state index contributed by atoms with van der Waals surface area (Å²) in [5.74, 6) is 0.528. The second-order valence-electron chi connectivity index (χ2n) is 8.55. The Kier molecular flexibility index (Phi) is 5.44. The molecule has 7 nitrogen and oxygen atoms in total. The number of rotatable bonds is 5. The van der Waals surface area contributed by atoms with Crippen molar-refractivity contribution in [2.24, 2.45) is 11.8 Å². The van der Waals surface area contributed by atoms with Gasteiger partial charge in [-0.15, -0.1) is 5.10 Å². The van der Waals surface area contributed by atoms with Crippen molar-refractivity contribution in [1.82, 2.24) is 19.6 Å². The minimum Gasteiger partial charge on any atom is -0.480 e. The molecule has 0 spiro atoms. The molecule has 1 saturated heterocycles. The van der Waals surface area contributed by atoms with Crippen molar-refractivity contribution in [3.05, 3.63) is 42.4 Å². The molecule has 1 aliphatic heterocycles. The van der Waals surface area contributed by atoms with Gasteiger partial charge < -0.3 is 15.0 Å². The predicted molar refractivity (Wildman–Crippen MR) is 110 cm³/mol. The molecule has 3 aromatic heterocycles. The molecule has 0 radical (unpaired) electrons. The van der Waals surface area contributed by atoms with Crippen LogP contribution in [0.3, 0.4) is 0 Å². The highest BCUT2D eigenvalue weighted by molar-refractivity contribution is 5.56. The summed E-state index contributed by atoms with van der Waals surface area (Å²) < 4.78 is 83.0. The number of halogens is 6. The van der Waals surface area contributed by atoms with Gasteiger partial charge in [0, 0.05) is 37.2 Å². The smallest absolute Gasteiger partial charge is 0.433 e. The molecule has 3 aromatic rings. The number of ether oxygens (including phenoxy) is 1. The molecule has 0 aromatic carbocycles. The van der Waals surface area contributed by atoms with Crippen molar-refractivity contribution in [2.75, 3.05) is 29.9 Å². The first-order valence-corrected chi connectivity index (χ1v) is 10.7. The fourth-order valence-electron chi connectivity index (χ4n) is 4.80. The van der Waals surface area contributed by atoms with Gasteiger partial charge in [0.25, 0.3) is 0 Å². The third-order valence-electron chi connectivity index (χ3n) is 6.25. The van der Waals surface area contributed by atoms with Crippen molar-refractivity contribution in [3.63, 3.8) is 0 Å². The number of aromatic nitrogens is 4. The molecule has 34 heavy (non-hydrogen) atoms. The number of piperidine rings is 1. The molecule has 0 amide bonds. The van der Waals surface area contributed by atoms with E-state index in [4.69, 9.17) is 4.74 Å². The average molecular weight is 486 g/mol. The molecule has 1 saturated carbocycles. The van der Waals surface area contributed by atoms with E-state index in [1.165, 1.54) is 22.8 Å². The molecule has 182 valence electrons. The number of hydrogen-bond acceptors (Lipinski definition) is 6. The number of anilines is 2. The van der Waals surface area contributed by atoms with Gasteiger partial charge in [-0.05, 0) is 48.9 Å². The summed E-state index contributed by atoms with van der Waals surface area (Å²) in [6.07, 6.45) is -4.47. The topological polar surface area (TPSA) is 67.6 Å². The number of nitrogens with one attached hydrogen (secondary N) is 1. The van der Waals surface area contributed by atoms with Crippen LogP contribution in [0.1, 0.15) is 18.5 Å². The molecule has 4 heterocycles. The Balaban J connectivity index is 1.31. The summed E-state index contributed by atoms with van der Waals surface area (Å²) in [7, 11) is 0. The molecule has 13 heteroatoms. The minimum atomic E-state index is -4.51. The summed E-state index contributed by atoms with van der Waals surface area (Å²) >= 11 is 0. The lowest BCUT2D eigenvalue weighted by molar-refractivity contribution is -0.153. The Hall–Kier alpha value is -3.25. The van der Waals surface area contributed by atoms with Crippen LogP contribution in [-0.4, -0.2) is 51.5 Å². The Morgan fingerprint density at radius 3 is 2.47 bits per heavy atom. The summed E-state index contributed by atoms with van der Waals surface area (Å²) in [5.41, 5.74) is -0.277. The number of fused-ring (bicyclic) bond motifs is 3. The standard InChI is InChI=1S/C21H20F6N6O/c22-20(23,24)11-34-15-2-1-7-33-18(15)30-19(31-33)29-17-12-3-4-13(17)10-32(9-12)14-5-6-28-16(8-14)21(25,26)27/h1-2,5-8,12-13,17H,3-4,9-11H2,(H,29,31)/t12-,13?,17?/m0/s1. The maximum absolute atomic E-state index is 13.1. The lowest BCUT2D eigenvalue weighted by Gasteiger charge is -2.39. The van der Waals surface area contributed by atoms with Crippen LogP contribution in [0.2, 0.25) is 0 Å². The zero-order valence-electron chi connectivity index (χ0n) is 17.6. The van der Waals surface area contributed by atoms with Crippen LogP contribution in [0.25, 0.3) is 5.65 Å². The molecule has 3 atom stereocenters. The van der Waals surface area contributed by atoms with Crippen LogP contribution in [0.5, 0.6) is 5.75 Å². The molecule has 1 N–H and O–H groups in total. The van der Waals surface area contributed by atoms with Crippen LogP contribution in [0, 0.1) is 11.8 Å². The van der Waals surface area contributed by atoms with Crippen LogP contribution in [-0.2, 0) is 6.18 Å². The van der Waals surface area contributed by atoms with E-state index in [0.717, 1.165) is 18.9 Å². The Morgan fingerprint density at radius 2 is 1.79 bits per heavy atom. The SMILES string of the molecule is FC(F)(F)COc1cccn2nc(NC3C4CC[C@H]3CN(c3ccnc(C(F)(F)F)c3)C4)nc12. The van der Waals surface area contributed by atoms with Crippen molar-refractivity contribution in [3.8, 4) is 5.75 Å². The van der Waals surface area contributed by atoms with Gasteiger partial charge in [0.05, 0.1) is 0 Å². The predicted octanol–water partition coefficient (Wildman–Crippen LogP) is 4.41. The first-order valence-electron chi connectivity index (χ1n) is 10.7. The van der Waals surface area contributed by atoms with E-state index < -0.39 is 24.7 Å². The zero-order valence-corrected chi connectivity index (χ0v) is 17.6. The minimum absolute atomic E-state index is 0.00266. The van der Waals surface area contributed by atoms with Crippen LogP contribution < -0.4 is 15.0 Å². The van der Waals surface area contributed by atoms with Gasteiger partial charge in [0.2, 0.25) is 5.95 Å². The fourth-order valence-corrected chi connectivity index (χ4v) is 4.80. The van der Waals surface area contributed by atoms with E-state index in [1.807, 2.05) is 4.90 Å². The van der Waals surface area contributed by atoms with Crippen molar-refractivity contribution < 1.29 is 31.1 Å². The zero-order chi connectivity index (χ0) is 24.1. The summed E-state index contributed by atoms with van der Waals surface area (Å²) in [4.78, 5) is 9.69. The highest BCUT2D eigenvalue weighted by atomic mass is 19.4. The molecule has 1 aliphatic carbocycles. The third kappa shape index (κ3) is 4.55. The van der Waals surface area contributed by atoms with E-state index in [2.05, 4.69) is 20.4 Å². The van der Waals surface area contributed by atoms with Gasteiger partial charge in [-0.2, -0.15) is 31.3 Å². The van der Waals surface area contributed by atoms with E-state index in [9.17, 15) is 26.3 Å². The Labute approximate surface area is 189 Å². The van der Waals surface area contributed by atoms with E-state index >= 15 is 0 Å². The van der Waals surface area contributed by atoms with Gasteiger partial charge in [0.1, 0.15) is 5.69 Å². The van der Waals surface area contributed by atoms with Crippen molar-refractivity contribution >= 4 is 17.3 Å². The first-order chi connectivity index (χ1) is 16.1. The van der Waals surface area contributed by atoms with Crippen LogP contribution in [0.4, 0.5) is 38.0 Å². The maximum atomic E-state index is 13.1. The maximum Gasteiger partial charge on any atom is 0.433 e. The van der Waals surface area contributed by atoms with E-state index in [-0.39, 0.29) is 35.2 Å². The van der Waals surface area contributed by atoms with Gasteiger partial charge in [-0.3, -0.25) is 4.98 Å². The third-order valence-corrected chi connectivity index (χ3v) is 6.25. The fraction of sp³-hybridized carbons (Fsp3) is 0.476. The number of nitrogens with zero attached hydrogens (tertiary/aromatic N) is 5. The average Bonchev–Trinajstić information content (AvgIpc) is 3.27. The highest BCUT2D eigenvalue weighted by Gasteiger charge is 2.43. The lowest BCUT2D eigenvalue weighted by Crippen LogP contribution is -2.48. The molecule has 2 unspecified atom stereocenters. The molecular weight excluding hydrogens is 466 g/mol. The van der Waals surface area contributed by atoms with Crippen LogP contribution >= 0.6 is 0 Å². The molecular formula is C21H20F6N6O. The quantitative estimate of drug-likeness (QED) is 0.539. The van der Waals surface area contributed by atoms with Crippen molar-refractivity contribution in [1.29, 1.82) is 0 Å². The Morgan fingerprint density at radius 1 is 1.06 bits per heavy atom. The largest absolute Gasteiger partial charge is 0.480 e. The number of hydrogen-bond donors (Lipinski definition) is 1. The van der Waals surface area contributed by atoms with Gasteiger partial charge in [-0.1, -0.05) is 0 Å². The summed E-state index contributed by atoms with van der Waals surface area (Å²) in [6.45, 7) is -0.318. The van der Waals surface area contributed by atoms with E-state index in [1.54, 1.807) is 12.3 Å². The van der Waals surface area contributed by atoms with Crippen LogP contribution in [0.15, 0.2) is 36.7 Å². The second-order valence-corrected chi connectivity index (χ2v) is 8.55. The van der Waals surface area contributed by atoms with E-state index in [0.29, 0.717) is 18.8 Å². The monoisotopic (exact) mass is 486 g/mol.